The Kier molecular flexibility index (Phi) is 4.67. The van der Waals surface area contributed by atoms with Crippen molar-refractivity contribution in [1.82, 2.24) is 10.2 Å². The van der Waals surface area contributed by atoms with E-state index in [1.165, 1.54) is 0 Å². The fourth-order valence-corrected chi connectivity index (χ4v) is 3.18. The highest BCUT2D eigenvalue weighted by molar-refractivity contribution is 5.90. The first kappa shape index (κ1) is 16.3. The SMILES string of the molecule is N#CC1CCCN1C(=O)[C@@H]1C[C@H](OC(=O)c2ccc(N)cc2)CN1. The van der Waals surface area contributed by atoms with Gasteiger partial charge in [0.1, 0.15) is 12.1 Å². The van der Waals surface area contributed by atoms with Crippen molar-refractivity contribution in [1.29, 1.82) is 5.26 Å². The number of nitriles is 1. The molecule has 1 amide bonds. The van der Waals surface area contributed by atoms with E-state index in [9.17, 15) is 9.59 Å². The Morgan fingerprint density at radius 2 is 2.08 bits per heavy atom. The zero-order chi connectivity index (χ0) is 17.1. The number of carbonyl (C=O) groups is 2. The third-order valence-corrected chi connectivity index (χ3v) is 4.49. The van der Waals surface area contributed by atoms with Crippen molar-refractivity contribution in [2.45, 2.75) is 37.5 Å². The van der Waals surface area contributed by atoms with Crippen LogP contribution in [-0.2, 0) is 9.53 Å². The minimum atomic E-state index is -0.425. The van der Waals surface area contributed by atoms with Crippen LogP contribution >= 0.6 is 0 Å². The summed E-state index contributed by atoms with van der Waals surface area (Å²) in [5.74, 6) is -0.504. The topological polar surface area (TPSA) is 108 Å². The predicted molar refractivity (Wildman–Crippen MR) is 86.8 cm³/mol. The molecule has 2 aliphatic rings. The average Bonchev–Trinajstić information content (AvgIpc) is 3.23. The Morgan fingerprint density at radius 1 is 1.33 bits per heavy atom. The summed E-state index contributed by atoms with van der Waals surface area (Å²) in [6.45, 7) is 1.05. The zero-order valence-electron chi connectivity index (χ0n) is 13.3. The molecular formula is C17H20N4O3. The molecule has 126 valence electrons. The van der Waals surface area contributed by atoms with Gasteiger partial charge in [-0.25, -0.2) is 4.79 Å². The molecule has 1 aromatic rings. The normalized spacial score (nSPS) is 26.1. The summed E-state index contributed by atoms with van der Waals surface area (Å²) in [6, 6.07) is 7.95. The number of ether oxygens (including phenoxy) is 1. The number of amides is 1. The molecular weight excluding hydrogens is 308 g/mol. The molecule has 0 spiro atoms. The van der Waals surface area contributed by atoms with Crippen LogP contribution in [0.25, 0.3) is 0 Å². The highest BCUT2D eigenvalue weighted by atomic mass is 16.5. The van der Waals surface area contributed by atoms with Gasteiger partial charge in [0.2, 0.25) is 5.91 Å². The number of hydrogen-bond donors (Lipinski definition) is 2. The van der Waals surface area contributed by atoms with Gasteiger partial charge in [-0.3, -0.25) is 4.79 Å². The summed E-state index contributed by atoms with van der Waals surface area (Å²) in [6.07, 6.45) is 1.65. The van der Waals surface area contributed by atoms with Crippen molar-refractivity contribution >= 4 is 17.6 Å². The van der Waals surface area contributed by atoms with Gasteiger partial charge in [0.25, 0.3) is 0 Å². The average molecular weight is 328 g/mol. The first-order valence-electron chi connectivity index (χ1n) is 8.08. The van der Waals surface area contributed by atoms with Gasteiger partial charge in [0, 0.05) is 25.2 Å². The Labute approximate surface area is 140 Å². The molecule has 3 rings (SSSR count). The molecule has 2 aliphatic heterocycles. The number of nitrogens with two attached hydrogens (primary N) is 1. The Bertz CT molecular complexity index is 667. The number of nitrogen functional groups attached to an aromatic ring is 1. The molecule has 24 heavy (non-hydrogen) atoms. The van der Waals surface area contributed by atoms with Gasteiger partial charge in [-0.15, -0.1) is 0 Å². The lowest BCUT2D eigenvalue weighted by Crippen LogP contribution is -2.45. The van der Waals surface area contributed by atoms with Gasteiger partial charge in [-0.05, 0) is 37.1 Å². The van der Waals surface area contributed by atoms with Crippen LogP contribution in [0.4, 0.5) is 5.69 Å². The largest absolute Gasteiger partial charge is 0.457 e. The summed E-state index contributed by atoms with van der Waals surface area (Å²) < 4.78 is 5.46. The minimum Gasteiger partial charge on any atom is -0.457 e. The predicted octanol–water partition coefficient (Wildman–Crippen LogP) is 0.671. The quantitative estimate of drug-likeness (QED) is 0.623. The van der Waals surface area contributed by atoms with E-state index >= 15 is 0 Å². The van der Waals surface area contributed by atoms with Gasteiger partial charge in [-0.2, -0.15) is 5.26 Å². The van der Waals surface area contributed by atoms with E-state index in [0.29, 0.717) is 30.8 Å². The van der Waals surface area contributed by atoms with Crippen LogP contribution in [0.2, 0.25) is 0 Å². The van der Waals surface area contributed by atoms with E-state index in [1.807, 2.05) is 0 Å². The lowest BCUT2D eigenvalue weighted by molar-refractivity contribution is -0.133. The van der Waals surface area contributed by atoms with Crippen LogP contribution in [0.1, 0.15) is 29.6 Å². The number of rotatable bonds is 3. The molecule has 1 aromatic carbocycles. The Morgan fingerprint density at radius 3 is 2.79 bits per heavy atom. The van der Waals surface area contributed by atoms with E-state index in [-0.39, 0.29) is 18.1 Å². The van der Waals surface area contributed by atoms with Crippen LogP contribution < -0.4 is 11.1 Å². The molecule has 3 N–H and O–H groups in total. The van der Waals surface area contributed by atoms with E-state index < -0.39 is 12.0 Å². The molecule has 1 unspecified atom stereocenters. The summed E-state index contributed by atoms with van der Waals surface area (Å²) >= 11 is 0. The van der Waals surface area contributed by atoms with Gasteiger partial charge in [0.05, 0.1) is 17.7 Å². The maximum atomic E-state index is 12.5. The van der Waals surface area contributed by atoms with Crippen LogP contribution in [0.3, 0.4) is 0 Å². The smallest absolute Gasteiger partial charge is 0.338 e. The van der Waals surface area contributed by atoms with Crippen LogP contribution in [-0.4, -0.2) is 48.1 Å². The maximum Gasteiger partial charge on any atom is 0.338 e. The molecule has 0 bridgehead atoms. The molecule has 2 saturated heterocycles. The molecule has 2 fully saturated rings. The number of anilines is 1. The number of esters is 1. The van der Waals surface area contributed by atoms with Crippen molar-refractivity contribution in [3.05, 3.63) is 29.8 Å². The number of benzene rings is 1. The summed E-state index contributed by atoms with van der Waals surface area (Å²) in [7, 11) is 0. The lowest BCUT2D eigenvalue weighted by atomic mass is 10.1. The number of hydrogen-bond acceptors (Lipinski definition) is 6. The second-order valence-corrected chi connectivity index (χ2v) is 6.16. The Hall–Kier alpha value is -2.59. The number of nitrogens with one attached hydrogen (secondary N) is 1. The van der Waals surface area contributed by atoms with Gasteiger partial charge in [0.15, 0.2) is 0 Å². The lowest BCUT2D eigenvalue weighted by Gasteiger charge is -2.23. The van der Waals surface area contributed by atoms with Crippen LogP contribution in [0.15, 0.2) is 24.3 Å². The molecule has 0 aliphatic carbocycles. The second kappa shape index (κ2) is 6.89. The zero-order valence-corrected chi connectivity index (χ0v) is 13.3. The maximum absolute atomic E-state index is 12.5. The second-order valence-electron chi connectivity index (χ2n) is 6.16. The van der Waals surface area contributed by atoms with E-state index in [2.05, 4.69) is 11.4 Å². The molecule has 7 nitrogen and oxygen atoms in total. The van der Waals surface area contributed by atoms with Gasteiger partial charge in [-0.1, -0.05) is 0 Å². The van der Waals surface area contributed by atoms with E-state index in [0.717, 1.165) is 12.8 Å². The van der Waals surface area contributed by atoms with E-state index in [4.69, 9.17) is 15.7 Å². The molecule has 7 heteroatoms. The van der Waals surface area contributed by atoms with Crippen molar-refractivity contribution < 1.29 is 14.3 Å². The van der Waals surface area contributed by atoms with Crippen molar-refractivity contribution in [2.24, 2.45) is 0 Å². The van der Waals surface area contributed by atoms with Gasteiger partial charge < -0.3 is 20.7 Å². The minimum absolute atomic E-state index is 0.0786. The van der Waals surface area contributed by atoms with Crippen molar-refractivity contribution in [3.63, 3.8) is 0 Å². The third kappa shape index (κ3) is 3.34. The third-order valence-electron chi connectivity index (χ3n) is 4.49. The fourth-order valence-electron chi connectivity index (χ4n) is 3.18. The first-order chi connectivity index (χ1) is 11.6. The summed E-state index contributed by atoms with van der Waals surface area (Å²) in [4.78, 5) is 26.3. The molecule has 0 aromatic heterocycles. The molecule has 0 radical (unpaired) electrons. The highest BCUT2D eigenvalue weighted by Crippen LogP contribution is 2.21. The monoisotopic (exact) mass is 328 g/mol. The molecule has 2 heterocycles. The summed E-state index contributed by atoms with van der Waals surface area (Å²) in [5.41, 5.74) is 6.61. The van der Waals surface area contributed by atoms with Crippen LogP contribution in [0.5, 0.6) is 0 Å². The summed E-state index contributed by atoms with van der Waals surface area (Å²) in [5, 5.41) is 12.2. The molecule has 0 saturated carbocycles. The van der Waals surface area contributed by atoms with E-state index in [1.54, 1.807) is 29.2 Å². The number of carbonyl (C=O) groups excluding carboxylic acids is 2. The number of likely N-dealkylation sites (tertiary alicyclic amines) is 1. The Balaban J connectivity index is 1.55. The highest BCUT2D eigenvalue weighted by Gasteiger charge is 2.38. The standard InChI is InChI=1S/C17H20N4O3/c18-9-13-2-1-7-21(13)16(22)15-8-14(10-20-15)24-17(23)11-3-5-12(19)6-4-11/h3-6,13-15,20H,1-2,7-8,10,19H2/t13?,14-,15-/m0/s1. The molecule has 3 atom stereocenters. The first-order valence-corrected chi connectivity index (χ1v) is 8.08. The van der Waals surface area contributed by atoms with Crippen LogP contribution in [0, 0.1) is 11.3 Å². The van der Waals surface area contributed by atoms with Gasteiger partial charge >= 0.3 is 5.97 Å². The number of nitrogens with zero attached hydrogens (tertiary/aromatic N) is 2. The fraction of sp³-hybridized carbons (Fsp3) is 0.471. The van der Waals surface area contributed by atoms with Crippen molar-refractivity contribution in [2.75, 3.05) is 18.8 Å². The van der Waals surface area contributed by atoms with Crippen molar-refractivity contribution in [3.8, 4) is 6.07 Å².